The molecule has 174 valence electrons. The van der Waals surface area contributed by atoms with Crippen molar-refractivity contribution in [1.29, 1.82) is 0 Å². The maximum atomic E-state index is 12.8. The molecule has 0 aromatic heterocycles. The molecule has 0 aliphatic carbocycles. The molecule has 0 spiro atoms. The van der Waals surface area contributed by atoms with Gasteiger partial charge in [-0.1, -0.05) is 82.9 Å². The summed E-state index contributed by atoms with van der Waals surface area (Å²) in [5, 5.41) is 1.68. The number of carbonyl (C=O) groups is 2. The summed E-state index contributed by atoms with van der Waals surface area (Å²) in [6, 6.07) is 12.4. The molecule has 0 saturated heterocycles. The lowest BCUT2D eigenvalue weighted by atomic mass is 10.1. The van der Waals surface area contributed by atoms with Crippen LogP contribution in [0.2, 0.25) is 15.1 Å². The van der Waals surface area contributed by atoms with Gasteiger partial charge >= 0.3 is 6.09 Å². The number of halogens is 3. The number of nitrogens with zero attached hydrogens (tertiary/aromatic N) is 1. The van der Waals surface area contributed by atoms with E-state index in [1.54, 1.807) is 69.3 Å². The van der Waals surface area contributed by atoms with E-state index < -0.39 is 17.6 Å². The molecule has 2 amide bonds. The zero-order chi connectivity index (χ0) is 24.6. The minimum Gasteiger partial charge on any atom is -0.443 e. The van der Waals surface area contributed by atoms with Gasteiger partial charge in [0, 0.05) is 21.1 Å². The Morgan fingerprint density at radius 3 is 2.21 bits per heavy atom. The first-order chi connectivity index (χ1) is 15.4. The predicted octanol–water partition coefficient (Wildman–Crippen LogP) is 8.08. The van der Waals surface area contributed by atoms with E-state index in [0.717, 1.165) is 21.6 Å². The third-order valence-electron chi connectivity index (χ3n) is 4.18. The van der Waals surface area contributed by atoms with Gasteiger partial charge in [0.1, 0.15) is 5.60 Å². The third kappa shape index (κ3) is 9.47. The van der Waals surface area contributed by atoms with Crippen LogP contribution in [0.1, 0.15) is 38.8 Å². The van der Waals surface area contributed by atoms with Gasteiger partial charge in [-0.2, -0.15) is 0 Å². The number of amides is 2. The van der Waals surface area contributed by atoms with Crippen LogP contribution >= 0.6 is 34.8 Å². The van der Waals surface area contributed by atoms with Crippen molar-refractivity contribution in [2.75, 3.05) is 6.54 Å². The van der Waals surface area contributed by atoms with Crippen LogP contribution in [0, 0.1) is 0 Å². The van der Waals surface area contributed by atoms with Crippen LogP contribution in [-0.2, 0) is 9.53 Å². The summed E-state index contributed by atoms with van der Waals surface area (Å²) in [4.78, 5) is 26.5. The second-order valence-corrected chi connectivity index (χ2v) is 9.55. The van der Waals surface area contributed by atoms with Crippen molar-refractivity contribution in [3.8, 4) is 0 Å². The van der Waals surface area contributed by atoms with Crippen molar-refractivity contribution in [1.82, 2.24) is 4.90 Å². The van der Waals surface area contributed by atoms with Gasteiger partial charge in [-0.25, -0.2) is 9.69 Å². The van der Waals surface area contributed by atoms with Gasteiger partial charge in [0.2, 0.25) is 0 Å². The van der Waals surface area contributed by atoms with Crippen molar-refractivity contribution >= 4 is 59.0 Å². The first-order valence-electron chi connectivity index (χ1n) is 10.2. The van der Waals surface area contributed by atoms with Gasteiger partial charge in [0.15, 0.2) is 0 Å². The van der Waals surface area contributed by atoms with Gasteiger partial charge in [-0.15, -0.1) is 0 Å². The number of hydrogen-bond donors (Lipinski definition) is 0. The SMILES string of the molecule is CC(/C=C/C(=O)N(C/C=C/c1ccc(Cl)cc1)C(=O)OC(C)(C)C)=C\c1ccc(Cl)cc1Cl. The van der Waals surface area contributed by atoms with E-state index in [1.165, 1.54) is 6.08 Å². The summed E-state index contributed by atoms with van der Waals surface area (Å²) in [6.45, 7) is 7.11. The normalized spacial score (nSPS) is 12.4. The van der Waals surface area contributed by atoms with E-state index >= 15 is 0 Å². The second-order valence-electron chi connectivity index (χ2n) is 8.27. The molecule has 7 heteroatoms. The molecule has 2 aromatic rings. The van der Waals surface area contributed by atoms with Crippen LogP contribution in [-0.4, -0.2) is 29.0 Å². The predicted molar refractivity (Wildman–Crippen MR) is 138 cm³/mol. The van der Waals surface area contributed by atoms with E-state index in [4.69, 9.17) is 39.5 Å². The number of allylic oxidation sites excluding steroid dienone is 2. The monoisotopic (exact) mass is 505 g/mol. The molecular formula is C26H26Cl3NO3. The van der Waals surface area contributed by atoms with Crippen molar-refractivity contribution in [2.45, 2.75) is 33.3 Å². The highest BCUT2D eigenvalue weighted by atomic mass is 35.5. The molecule has 2 aromatic carbocycles. The average Bonchev–Trinajstić information content (AvgIpc) is 2.71. The van der Waals surface area contributed by atoms with Crippen LogP contribution in [0.25, 0.3) is 12.2 Å². The highest BCUT2D eigenvalue weighted by Crippen LogP contribution is 2.23. The zero-order valence-corrected chi connectivity index (χ0v) is 21.2. The molecule has 0 N–H and O–H groups in total. The lowest BCUT2D eigenvalue weighted by molar-refractivity contribution is -0.124. The van der Waals surface area contributed by atoms with Gasteiger partial charge in [-0.3, -0.25) is 4.79 Å². The van der Waals surface area contributed by atoms with Crippen LogP contribution < -0.4 is 0 Å². The smallest absolute Gasteiger partial charge is 0.417 e. The Morgan fingerprint density at radius 2 is 1.61 bits per heavy atom. The molecule has 0 radical (unpaired) electrons. The van der Waals surface area contributed by atoms with Gasteiger partial charge in [0.05, 0.1) is 6.54 Å². The number of hydrogen-bond acceptors (Lipinski definition) is 3. The van der Waals surface area contributed by atoms with E-state index in [9.17, 15) is 9.59 Å². The number of carbonyl (C=O) groups excluding carboxylic acids is 2. The highest BCUT2D eigenvalue weighted by Gasteiger charge is 2.25. The summed E-state index contributed by atoms with van der Waals surface area (Å²) < 4.78 is 5.41. The number of ether oxygens (including phenoxy) is 1. The molecule has 4 nitrogen and oxygen atoms in total. The fourth-order valence-corrected chi connectivity index (χ4v) is 3.23. The maximum absolute atomic E-state index is 12.8. The minimum atomic E-state index is -0.736. The highest BCUT2D eigenvalue weighted by molar-refractivity contribution is 6.35. The Labute approximate surface area is 210 Å². The molecule has 0 fully saturated rings. The van der Waals surface area contributed by atoms with Crippen molar-refractivity contribution in [2.24, 2.45) is 0 Å². The van der Waals surface area contributed by atoms with E-state index in [-0.39, 0.29) is 6.54 Å². The van der Waals surface area contributed by atoms with Crippen LogP contribution in [0.5, 0.6) is 0 Å². The quantitative estimate of drug-likeness (QED) is 0.294. The number of imide groups is 1. The Balaban J connectivity index is 2.18. The lowest BCUT2D eigenvalue weighted by Gasteiger charge is -2.24. The Hall–Kier alpha value is -2.53. The lowest BCUT2D eigenvalue weighted by Crippen LogP contribution is -2.40. The summed E-state index contributed by atoms with van der Waals surface area (Å²) in [5.74, 6) is -0.500. The summed E-state index contributed by atoms with van der Waals surface area (Å²) in [7, 11) is 0. The van der Waals surface area contributed by atoms with E-state index in [1.807, 2.05) is 25.1 Å². The van der Waals surface area contributed by atoms with Gasteiger partial charge in [-0.05, 0) is 63.1 Å². The van der Waals surface area contributed by atoms with Crippen molar-refractivity contribution < 1.29 is 14.3 Å². The van der Waals surface area contributed by atoms with E-state index in [0.29, 0.717) is 15.1 Å². The zero-order valence-electron chi connectivity index (χ0n) is 18.9. The second kappa shape index (κ2) is 12.1. The largest absolute Gasteiger partial charge is 0.443 e. The average molecular weight is 507 g/mol. The van der Waals surface area contributed by atoms with E-state index in [2.05, 4.69) is 0 Å². The first-order valence-corrected chi connectivity index (χ1v) is 11.4. The third-order valence-corrected chi connectivity index (χ3v) is 5.00. The molecule has 0 aliphatic rings. The molecule has 2 rings (SSSR count). The molecule has 0 saturated carbocycles. The fraction of sp³-hybridized carbons (Fsp3) is 0.231. The minimum absolute atomic E-state index is 0.0481. The number of rotatable bonds is 6. The first kappa shape index (κ1) is 26.7. The summed E-state index contributed by atoms with van der Waals surface area (Å²) in [6.07, 6.45) is 7.57. The molecule has 0 atom stereocenters. The Kier molecular flexibility index (Phi) is 9.78. The van der Waals surface area contributed by atoms with Crippen molar-refractivity contribution in [3.05, 3.63) is 92.5 Å². The molecule has 0 unspecified atom stereocenters. The number of benzene rings is 2. The summed E-state index contributed by atoms with van der Waals surface area (Å²) >= 11 is 18.0. The Morgan fingerprint density at radius 1 is 0.970 bits per heavy atom. The van der Waals surface area contributed by atoms with Gasteiger partial charge < -0.3 is 4.74 Å². The standard InChI is InChI=1S/C26H26Cl3NO3/c1-18(16-20-10-13-22(28)17-23(20)29)7-14-24(31)30(25(32)33-26(2,3)4)15-5-6-19-8-11-21(27)12-9-19/h5-14,16-17H,15H2,1-4H3/b6-5+,14-7+,18-16+. The van der Waals surface area contributed by atoms with Crippen LogP contribution in [0.15, 0.2) is 66.3 Å². The topological polar surface area (TPSA) is 46.6 Å². The fourth-order valence-electron chi connectivity index (χ4n) is 2.64. The van der Waals surface area contributed by atoms with Crippen LogP contribution in [0.3, 0.4) is 0 Å². The molecule has 0 aliphatic heterocycles. The molecule has 0 heterocycles. The molecule has 33 heavy (non-hydrogen) atoms. The Bertz CT molecular complexity index is 1080. The van der Waals surface area contributed by atoms with Gasteiger partial charge in [0.25, 0.3) is 5.91 Å². The van der Waals surface area contributed by atoms with Crippen molar-refractivity contribution in [3.63, 3.8) is 0 Å². The van der Waals surface area contributed by atoms with Crippen LogP contribution in [0.4, 0.5) is 4.79 Å². The molecular weight excluding hydrogens is 481 g/mol. The summed E-state index contributed by atoms with van der Waals surface area (Å²) in [5.41, 5.74) is 1.70. The maximum Gasteiger partial charge on any atom is 0.417 e. The molecule has 0 bridgehead atoms.